The number of likely N-dealkylation sites (N-methyl/N-ethyl adjacent to an activating group) is 1. The highest BCUT2D eigenvalue weighted by atomic mass is 16.5. The molecule has 1 unspecified atom stereocenters. The Balaban J connectivity index is 2.55. The molecule has 1 atom stereocenters. The van der Waals surface area contributed by atoms with E-state index in [-0.39, 0.29) is 11.9 Å². The highest BCUT2D eigenvalue weighted by molar-refractivity contribution is 5.93. The summed E-state index contributed by atoms with van der Waals surface area (Å²) in [6, 6.07) is 5.64. The number of nitrogens with one attached hydrogen (secondary N) is 1. The van der Waals surface area contributed by atoms with Gasteiger partial charge in [0, 0.05) is 24.5 Å². The Morgan fingerprint density at radius 2 is 2.21 bits per heavy atom. The number of rotatable bonds is 6. The summed E-state index contributed by atoms with van der Waals surface area (Å²) in [6.07, 6.45) is 0. The molecule has 3 N–H and O–H groups in total. The first kappa shape index (κ1) is 15.5. The van der Waals surface area contributed by atoms with Gasteiger partial charge in [-0.15, -0.1) is 0 Å². The maximum absolute atomic E-state index is 11.9. The second-order valence-corrected chi connectivity index (χ2v) is 4.84. The van der Waals surface area contributed by atoms with Crippen LogP contribution < -0.4 is 11.1 Å². The summed E-state index contributed by atoms with van der Waals surface area (Å²) < 4.78 is 5.07. The smallest absolute Gasteiger partial charge is 0.238 e. The molecule has 1 amide bonds. The molecule has 0 aliphatic carbocycles. The fourth-order valence-electron chi connectivity index (χ4n) is 1.77. The van der Waals surface area contributed by atoms with Crippen LogP contribution in [0.3, 0.4) is 0 Å². The number of nitrogen functional groups attached to an aromatic ring is 1. The quantitative estimate of drug-likeness (QED) is 0.765. The number of anilines is 2. The first-order valence-electron chi connectivity index (χ1n) is 6.29. The molecule has 0 saturated heterocycles. The molecule has 0 fully saturated rings. The first-order valence-corrected chi connectivity index (χ1v) is 6.29. The lowest BCUT2D eigenvalue weighted by Crippen LogP contribution is -2.38. The number of aryl methyl sites for hydroxylation is 1. The van der Waals surface area contributed by atoms with Crippen LogP contribution in [0.2, 0.25) is 0 Å². The van der Waals surface area contributed by atoms with Crippen molar-refractivity contribution in [3.8, 4) is 0 Å². The number of nitrogens with zero attached hydrogens (tertiary/aromatic N) is 1. The molecule has 0 bridgehead atoms. The van der Waals surface area contributed by atoms with Crippen molar-refractivity contribution in [2.75, 3.05) is 38.4 Å². The summed E-state index contributed by atoms with van der Waals surface area (Å²) >= 11 is 0. The fraction of sp³-hybridized carbons (Fsp3) is 0.500. The van der Waals surface area contributed by atoms with Crippen LogP contribution in [0, 0.1) is 6.92 Å². The second kappa shape index (κ2) is 7.11. The van der Waals surface area contributed by atoms with Gasteiger partial charge in [0.1, 0.15) is 0 Å². The molecule has 0 heterocycles. The predicted molar refractivity (Wildman–Crippen MR) is 78.2 cm³/mol. The van der Waals surface area contributed by atoms with Crippen LogP contribution in [0.25, 0.3) is 0 Å². The second-order valence-electron chi connectivity index (χ2n) is 4.84. The zero-order valence-electron chi connectivity index (χ0n) is 12.1. The average molecular weight is 265 g/mol. The van der Waals surface area contributed by atoms with Crippen LogP contribution in [0.15, 0.2) is 18.2 Å². The third kappa shape index (κ3) is 4.89. The van der Waals surface area contributed by atoms with Gasteiger partial charge < -0.3 is 15.8 Å². The molecule has 1 rings (SSSR count). The van der Waals surface area contributed by atoms with Crippen LogP contribution in [0.1, 0.15) is 12.5 Å². The standard InChI is InChI=1S/C14H23N3O2/c1-10-7-12(15)5-6-13(10)16-14(18)8-17(3)11(2)9-19-4/h5-7,11H,8-9,15H2,1-4H3,(H,16,18). The zero-order valence-corrected chi connectivity index (χ0v) is 12.1. The summed E-state index contributed by atoms with van der Waals surface area (Å²) in [7, 11) is 3.56. The van der Waals surface area contributed by atoms with Crippen molar-refractivity contribution in [1.29, 1.82) is 0 Å². The highest BCUT2D eigenvalue weighted by Crippen LogP contribution is 2.17. The van der Waals surface area contributed by atoms with Crippen molar-refractivity contribution >= 4 is 17.3 Å². The Morgan fingerprint density at radius 3 is 2.79 bits per heavy atom. The number of benzene rings is 1. The van der Waals surface area contributed by atoms with E-state index in [1.807, 2.05) is 37.9 Å². The summed E-state index contributed by atoms with van der Waals surface area (Å²) in [5.74, 6) is -0.0432. The lowest BCUT2D eigenvalue weighted by atomic mass is 10.2. The zero-order chi connectivity index (χ0) is 14.4. The van der Waals surface area contributed by atoms with Gasteiger partial charge in [0.05, 0.1) is 13.2 Å². The van der Waals surface area contributed by atoms with Crippen LogP contribution in [0.5, 0.6) is 0 Å². The number of methoxy groups -OCH3 is 1. The summed E-state index contributed by atoms with van der Waals surface area (Å²) in [6.45, 7) is 4.87. The molecule has 0 aromatic heterocycles. The number of amides is 1. The lowest BCUT2D eigenvalue weighted by Gasteiger charge is -2.23. The lowest BCUT2D eigenvalue weighted by molar-refractivity contribution is -0.117. The molecule has 106 valence electrons. The van der Waals surface area contributed by atoms with Crippen molar-refractivity contribution in [1.82, 2.24) is 4.90 Å². The molecule has 0 saturated carbocycles. The maximum atomic E-state index is 11.9. The van der Waals surface area contributed by atoms with Crippen molar-refractivity contribution in [2.45, 2.75) is 19.9 Å². The Labute approximate surface area is 114 Å². The van der Waals surface area contributed by atoms with Gasteiger partial charge in [0.15, 0.2) is 0 Å². The van der Waals surface area contributed by atoms with E-state index in [0.29, 0.717) is 18.8 Å². The van der Waals surface area contributed by atoms with Gasteiger partial charge in [-0.3, -0.25) is 9.69 Å². The number of hydrogen-bond donors (Lipinski definition) is 2. The minimum absolute atomic E-state index is 0.0432. The molecule has 1 aromatic carbocycles. The van der Waals surface area contributed by atoms with E-state index < -0.39 is 0 Å². The molecule has 5 heteroatoms. The SMILES string of the molecule is COCC(C)N(C)CC(=O)Nc1ccc(N)cc1C. The molecular weight excluding hydrogens is 242 g/mol. The Bertz CT molecular complexity index is 435. The molecule has 19 heavy (non-hydrogen) atoms. The van der Waals surface area contributed by atoms with Crippen LogP contribution in [0.4, 0.5) is 11.4 Å². The molecule has 5 nitrogen and oxygen atoms in total. The molecule has 0 radical (unpaired) electrons. The number of hydrogen-bond acceptors (Lipinski definition) is 4. The molecule has 1 aromatic rings. The Kier molecular flexibility index (Phi) is 5.79. The topological polar surface area (TPSA) is 67.6 Å². The van der Waals surface area contributed by atoms with Crippen LogP contribution >= 0.6 is 0 Å². The average Bonchev–Trinajstić information content (AvgIpc) is 2.33. The first-order chi connectivity index (χ1) is 8.93. The van der Waals surface area contributed by atoms with E-state index in [2.05, 4.69) is 5.32 Å². The summed E-state index contributed by atoms with van der Waals surface area (Å²) in [4.78, 5) is 13.9. The monoisotopic (exact) mass is 265 g/mol. The summed E-state index contributed by atoms with van der Waals surface area (Å²) in [5, 5.41) is 2.89. The van der Waals surface area contributed by atoms with E-state index in [9.17, 15) is 4.79 Å². The third-order valence-corrected chi connectivity index (χ3v) is 3.08. The van der Waals surface area contributed by atoms with Crippen molar-refractivity contribution in [3.05, 3.63) is 23.8 Å². The molecule has 0 aliphatic rings. The van der Waals surface area contributed by atoms with Gasteiger partial charge in [0.2, 0.25) is 5.91 Å². The predicted octanol–water partition coefficient (Wildman–Crippen LogP) is 1.48. The Morgan fingerprint density at radius 1 is 1.53 bits per heavy atom. The van der Waals surface area contributed by atoms with E-state index in [1.165, 1.54) is 0 Å². The minimum Gasteiger partial charge on any atom is -0.399 e. The third-order valence-electron chi connectivity index (χ3n) is 3.08. The highest BCUT2D eigenvalue weighted by Gasteiger charge is 2.13. The minimum atomic E-state index is -0.0432. The fourth-order valence-corrected chi connectivity index (χ4v) is 1.77. The molecule has 0 spiro atoms. The maximum Gasteiger partial charge on any atom is 0.238 e. The van der Waals surface area contributed by atoms with Crippen molar-refractivity contribution < 1.29 is 9.53 Å². The van der Waals surface area contributed by atoms with Gasteiger partial charge in [-0.25, -0.2) is 0 Å². The number of ether oxygens (including phenoxy) is 1. The van der Waals surface area contributed by atoms with Gasteiger partial charge >= 0.3 is 0 Å². The molecular formula is C14H23N3O2. The van der Waals surface area contributed by atoms with E-state index >= 15 is 0 Å². The van der Waals surface area contributed by atoms with E-state index in [0.717, 1.165) is 11.3 Å². The van der Waals surface area contributed by atoms with Gasteiger partial charge in [-0.2, -0.15) is 0 Å². The number of carbonyl (C=O) groups is 1. The van der Waals surface area contributed by atoms with Crippen LogP contribution in [-0.4, -0.2) is 44.2 Å². The van der Waals surface area contributed by atoms with Crippen molar-refractivity contribution in [3.63, 3.8) is 0 Å². The normalized spacial score (nSPS) is 12.5. The van der Waals surface area contributed by atoms with Gasteiger partial charge in [-0.1, -0.05) is 0 Å². The van der Waals surface area contributed by atoms with Crippen LogP contribution in [-0.2, 0) is 9.53 Å². The largest absolute Gasteiger partial charge is 0.399 e. The van der Waals surface area contributed by atoms with Gasteiger partial charge in [-0.05, 0) is 44.7 Å². The Hall–Kier alpha value is -1.59. The number of carbonyl (C=O) groups excluding carboxylic acids is 1. The number of nitrogens with two attached hydrogens (primary N) is 1. The van der Waals surface area contributed by atoms with E-state index in [4.69, 9.17) is 10.5 Å². The molecule has 0 aliphatic heterocycles. The van der Waals surface area contributed by atoms with Crippen molar-refractivity contribution in [2.24, 2.45) is 0 Å². The van der Waals surface area contributed by atoms with E-state index in [1.54, 1.807) is 13.2 Å². The summed E-state index contributed by atoms with van der Waals surface area (Å²) in [5.41, 5.74) is 8.13. The van der Waals surface area contributed by atoms with Gasteiger partial charge in [0.25, 0.3) is 0 Å².